The molecule has 0 aliphatic heterocycles. The van der Waals surface area contributed by atoms with E-state index < -0.39 is 36.6 Å². The molecule has 0 saturated heterocycles. The first kappa shape index (κ1) is 38.1. The van der Waals surface area contributed by atoms with Crippen LogP contribution in [0.1, 0.15) is 0 Å². The maximum atomic E-state index is 8.53. The van der Waals surface area contributed by atoms with Crippen molar-refractivity contribution in [3.63, 3.8) is 0 Å². The van der Waals surface area contributed by atoms with Crippen molar-refractivity contribution in [2.75, 3.05) is 0 Å². The largest absolute Gasteiger partial charge is 2.00 e. The van der Waals surface area contributed by atoms with E-state index in [0.29, 0.717) is 0 Å². The summed E-state index contributed by atoms with van der Waals surface area (Å²) in [6.07, 6.45) is 0. The zero-order valence-corrected chi connectivity index (χ0v) is 14.7. The van der Waals surface area contributed by atoms with Gasteiger partial charge < -0.3 is 75.4 Å². The van der Waals surface area contributed by atoms with Gasteiger partial charge in [-0.2, -0.15) is 0 Å². The minimum atomic E-state index is -2.67. The first-order chi connectivity index (χ1) is 8.66. The molecule has 0 radical (unpaired) electrons. The third-order valence-corrected chi connectivity index (χ3v) is 0. The van der Waals surface area contributed by atoms with Crippen LogP contribution in [0.5, 0.6) is 0 Å². The van der Waals surface area contributed by atoms with E-state index in [9.17, 15) is 0 Å². The van der Waals surface area contributed by atoms with Gasteiger partial charge in [0.1, 0.15) is 0 Å². The van der Waals surface area contributed by atoms with E-state index in [0.717, 1.165) is 0 Å². The van der Waals surface area contributed by atoms with Gasteiger partial charge in [0.05, 0.1) is 7.32 Å². The summed E-state index contributed by atoms with van der Waals surface area (Å²) in [5.41, 5.74) is 0. The van der Waals surface area contributed by atoms with Gasteiger partial charge in [-0.05, 0) is 0 Å². The van der Waals surface area contributed by atoms with Crippen molar-refractivity contribution in [1.29, 1.82) is 0 Å². The van der Waals surface area contributed by atoms with Crippen molar-refractivity contribution >= 4 is 85.5 Å². The average Bonchev–Trinajstić information content (AvgIpc) is 1.94. The summed E-state index contributed by atoms with van der Waals surface area (Å²) < 4.78 is 0. The SMILES string of the molecule is OB(O)O.OB(O)O.OB(O)O.OB(O)O.[Ba+2].[O-]B([O-])O. The average molecular weight is 444 g/mol. The maximum absolute atomic E-state index is 8.53. The summed E-state index contributed by atoms with van der Waals surface area (Å²) in [6, 6.07) is 0. The van der Waals surface area contributed by atoms with Crippen molar-refractivity contribution in [2.45, 2.75) is 0 Å². The maximum Gasteiger partial charge on any atom is 2.00 e. The fraction of sp³-hybridized carbons (Fsp3) is 0. The third-order valence-electron chi connectivity index (χ3n) is 0. The Labute approximate surface area is 160 Å². The van der Waals surface area contributed by atoms with Crippen LogP contribution in [0.3, 0.4) is 0 Å². The smallest absolute Gasteiger partial charge is 0.871 e. The summed E-state index contributed by atoms with van der Waals surface area (Å²) in [7, 11) is -11.3. The molecule has 0 aromatic carbocycles. The van der Waals surface area contributed by atoms with Crippen LogP contribution in [0.15, 0.2) is 0 Å². The van der Waals surface area contributed by atoms with Gasteiger partial charge in [0.2, 0.25) is 0 Å². The Morgan fingerprint density at radius 3 is 0.381 bits per heavy atom. The van der Waals surface area contributed by atoms with Gasteiger partial charge >= 0.3 is 78.2 Å². The molecule has 0 amide bonds. The molecule has 0 fully saturated rings. The minimum Gasteiger partial charge on any atom is -0.871 e. The first-order valence-electron chi connectivity index (χ1n) is 3.83. The van der Waals surface area contributed by atoms with Gasteiger partial charge in [-0.1, -0.05) is 0 Å². The van der Waals surface area contributed by atoms with E-state index in [-0.39, 0.29) is 48.9 Å². The molecule has 0 rings (SSSR count). The van der Waals surface area contributed by atoms with E-state index in [4.69, 9.17) is 75.4 Å². The van der Waals surface area contributed by atoms with E-state index >= 15 is 0 Å². The molecule has 13 N–H and O–H groups in total. The van der Waals surface area contributed by atoms with E-state index in [1.54, 1.807) is 0 Å². The summed E-state index contributed by atoms with van der Waals surface area (Å²) in [5.74, 6) is 0. The van der Waals surface area contributed by atoms with Crippen molar-refractivity contribution in [2.24, 2.45) is 0 Å². The summed E-state index contributed by atoms with van der Waals surface area (Å²) in [4.78, 5) is 0. The van der Waals surface area contributed by atoms with E-state index in [1.165, 1.54) is 0 Å². The predicted molar refractivity (Wildman–Crippen MR) is 63.4 cm³/mol. The van der Waals surface area contributed by atoms with Gasteiger partial charge in [0, 0.05) is 0 Å². The van der Waals surface area contributed by atoms with E-state index in [1.807, 2.05) is 0 Å². The second-order valence-corrected chi connectivity index (χ2v) is 1.69. The van der Waals surface area contributed by atoms with Crippen LogP contribution in [-0.2, 0) is 0 Å². The zero-order chi connectivity index (χ0) is 17.9. The Hall–Kier alpha value is 1.30. The van der Waals surface area contributed by atoms with Crippen LogP contribution in [-0.4, -0.2) is 151 Å². The fourth-order valence-electron chi connectivity index (χ4n) is 0. The third kappa shape index (κ3) is 4720. The molecule has 21 heteroatoms. The Kier molecular flexibility index (Phi) is 59.9. The molecule has 0 aromatic heterocycles. The minimum absolute atomic E-state index is 0. The van der Waals surface area contributed by atoms with Crippen molar-refractivity contribution in [1.82, 2.24) is 0 Å². The quantitative estimate of drug-likeness (QED) is 0.154. The molecule has 0 aliphatic rings. The number of rotatable bonds is 0. The normalized spacial score (nSPS) is 6.43. The van der Waals surface area contributed by atoms with Gasteiger partial charge in [-0.3, -0.25) is 0 Å². The van der Waals surface area contributed by atoms with Gasteiger partial charge in [0.15, 0.2) is 0 Å². The van der Waals surface area contributed by atoms with Crippen LogP contribution in [0, 0.1) is 0 Å². The number of hydrogen-bond acceptors (Lipinski definition) is 15. The molecule has 21 heavy (non-hydrogen) atoms. The van der Waals surface area contributed by atoms with Crippen LogP contribution in [0.4, 0.5) is 0 Å². The van der Waals surface area contributed by atoms with Gasteiger partial charge in [-0.15, -0.1) is 0 Å². The zero-order valence-electron chi connectivity index (χ0n) is 10.2. The standard InChI is InChI=1S/4BH3O3.BHO3.Ba/c5*2-1(3)4;/h4*2-4H;2H;/q;;;;-2;+2. The molecule has 0 heterocycles. The first-order valence-corrected chi connectivity index (χ1v) is 3.83. The Balaban J connectivity index is -0.0000000331. The molecule has 0 atom stereocenters. The molecule has 15 nitrogen and oxygen atoms in total. The van der Waals surface area contributed by atoms with Crippen LogP contribution < -0.4 is 10.0 Å². The molecule has 0 aliphatic carbocycles. The van der Waals surface area contributed by atoms with Crippen LogP contribution in [0.25, 0.3) is 0 Å². The number of hydrogen-bond donors (Lipinski definition) is 13. The fourth-order valence-corrected chi connectivity index (χ4v) is 0. The molecular formula is H13B5BaO15. The predicted octanol–water partition coefficient (Wildman–Crippen LogP) is -11.9. The molecule has 0 bridgehead atoms. The van der Waals surface area contributed by atoms with Gasteiger partial charge in [-0.25, -0.2) is 0 Å². The Morgan fingerprint density at radius 2 is 0.381 bits per heavy atom. The topological polar surface area (TPSA) is 309 Å². The van der Waals surface area contributed by atoms with Crippen LogP contribution in [0.2, 0.25) is 0 Å². The molecule has 0 unspecified atom stereocenters. The molecule has 0 saturated carbocycles. The summed E-state index contributed by atoms with van der Waals surface area (Å²) in [5, 5.41) is 110. The van der Waals surface area contributed by atoms with Crippen molar-refractivity contribution < 1.29 is 75.4 Å². The second kappa shape index (κ2) is 33.0. The van der Waals surface area contributed by atoms with Gasteiger partial charge in [0.25, 0.3) is 0 Å². The molecular weight excluding hydrogens is 431 g/mol. The Bertz CT molecular complexity index is 80.6. The van der Waals surface area contributed by atoms with Crippen LogP contribution >= 0.6 is 0 Å². The molecule has 0 aromatic rings. The van der Waals surface area contributed by atoms with Crippen molar-refractivity contribution in [3.05, 3.63) is 0 Å². The molecule has 0 spiro atoms. The van der Waals surface area contributed by atoms with E-state index in [2.05, 4.69) is 0 Å². The summed E-state index contributed by atoms with van der Waals surface area (Å²) in [6.45, 7) is 0. The second-order valence-electron chi connectivity index (χ2n) is 1.69. The summed E-state index contributed by atoms with van der Waals surface area (Å²) >= 11 is 0. The molecule has 120 valence electrons. The Morgan fingerprint density at radius 1 is 0.381 bits per heavy atom. The van der Waals surface area contributed by atoms with Crippen molar-refractivity contribution in [3.8, 4) is 0 Å². The monoisotopic (exact) mass is 446 g/mol.